The molecule has 4 rings (SSSR count). The summed E-state index contributed by atoms with van der Waals surface area (Å²) in [6, 6.07) is 13.5. The first-order chi connectivity index (χ1) is 17.6. The van der Waals surface area contributed by atoms with Crippen LogP contribution in [0.5, 0.6) is 5.75 Å². The molecule has 9 nitrogen and oxygen atoms in total. The Hall–Kier alpha value is -4.41. The predicted molar refractivity (Wildman–Crippen MR) is 135 cm³/mol. The lowest BCUT2D eigenvalue weighted by molar-refractivity contribution is -0.120. The van der Waals surface area contributed by atoms with E-state index in [9.17, 15) is 28.7 Å². The van der Waals surface area contributed by atoms with Gasteiger partial charge in [-0.2, -0.15) is 0 Å². The smallest absolute Gasteiger partial charge is 0.339 e. The molecule has 1 aliphatic heterocycles. The molecule has 0 saturated heterocycles. The molecule has 188 valence electrons. The molecule has 1 heterocycles. The third-order valence-electron chi connectivity index (χ3n) is 5.30. The van der Waals surface area contributed by atoms with Gasteiger partial charge in [0.25, 0.3) is 17.7 Å². The molecule has 37 heavy (non-hydrogen) atoms. The van der Waals surface area contributed by atoms with Gasteiger partial charge in [0.1, 0.15) is 27.9 Å². The van der Waals surface area contributed by atoms with Crippen LogP contribution in [-0.2, 0) is 9.59 Å². The van der Waals surface area contributed by atoms with Gasteiger partial charge in [-0.05, 0) is 42.5 Å². The standard InChI is InChI=1S/C25H16Cl2FN3O6/c1-37-19-11-17(15(26)10-14(19)25(35)36)30-22(32)12-6-8-13(9-7-12)29-21-20(27)23(33)31(24(21)34)18-5-3-2-4-16(18)28/h2-11,29H,1H3,(H,30,32)(H,35,36). The SMILES string of the molecule is COc1cc(NC(=O)c2ccc(NC3=C(Cl)C(=O)N(c4ccccc4F)C3=O)cc2)c(Cl)cc1C(=O)O. The van der Waals surface area contributed by atoms with Crippen molar-refractivity contribution in [3.8, 4) is 5.75 Å². The van der Waals surface area contributed by atoms with Gasteiger partial charge >= 0.3 is 5.97 Å². The number of imide groups is 1. The Morgan fingerprint density at radius 2 is 1.68 bits per heavy atom. The number of aromatic carboxylic acids is 1. The summed E-state index contributed by atoms with van der Waals surface area (Å²) in [5.74, 6) is -4.27. The van der Waals surface area contributed by atoms with Crippen molar-refractivity contribution in [2.75, 3.05) is 22.6 Å². The number of halogens is 3. The van der Waals surface area contributed by atoms with Gasteiger partial charge in [-0.3, -0.25) is 14.4 Å². The van der Waals surface area contributed by atoms with E-state index in [1.54, 1.807) is 0 Å². The second-order valence-corrected chi connectivity index (χ2v) is 8.37. The molecule has 0 bridgehead atoms. The lowest BCUT2D eigenvalue weighted by atomic mass is 10.1. The molecule has 3 aromatic carbocycles. The Labute approximate surface area is 219 Å². The summed E-state index contributed by atoms with van der Waals surface area (Å²) in [5, 5.41) is 14.1. The number of hydrogen-bond acceptors (Lipinski definition) is 6. The normalized spacial score (nSPS) is 13.1. The highest BCUT2D eigenvalue weighted by Gasteiger charge is 2.40. The van der Waals surface area contributed by atoms with Crippen LogP contribution in [0.4, 0.5) is 21.5 Å². The van der Waals surface area contributed by atoms with Gasteiger partial charge in [0.05, 0.1) is 23.5 Å². The summed E-state index contributed by atoms with van der Waals surface area (Å²) < 4.78 is 19.2. The molecule has 0 unspecified atom stereocenters. The van der Waals surface area contributed by atoms with Gasteiger partial charge in [0.2, 0.25) is 0 Å². The third kappa shape index (κ3) is 4.97. The van der Waals surface area contributed by atoms with Crippen molar-refractivity contribution in [3.05, 3.63) is 93.4 Å². The second kappa shape index (κ2) is 10.3. The molecule has 0 aromatic heterocycles. The molecule has 0 spiro atoms. The van der Waals surface area contributed by atoms with Crippen LogP contribution < -0.4 is 20.3 Å². The highest BCUT2D eigenvalue weighted by molar-refractivity contribution is 6.53. The number of carboxylic acid groups (broad SMARTS) is 1. The first-order valence-electron chi connectivity index (χ1n) is 10.4. The first kappa shape index (κ1) is 25.7. The van der Waals surface area contributed by atoms with Crippen LogP contribution in [0, 0.1) is 5.82 Å². The molecule has 3 amide bonds. The van der Waals surface area contributed by atoms with E-state index in [0.29, 0.717) is 10.6 Å². The van der Waals surface area contributed by atoms with Gasteiger partial charge in [-0.1, -0.05) is 35.3 Å². The topological polar surface area (TPSA) is 125 Å². The minimum atomic E-state index is -1.24. The van der Waals surface area contributed by atoms with Gasteiger partial charge in [-0.15, -0.1) is 0 Å². The van der Waals surface area contributed by atoms with E-state index in [2.05, 4.69) is 10.6 Å². The van der Waals surface area contributed by atoms with Crippen molar-refractivity contribution in [2.45, 2.75) is 0 Å². The fraction of sp³-hybridized carbons (Fsp3) is 0.0400. The quantitative estimate of drug-likeness (QED) is 0.363. The average Bonchev–Trinajstić information content (AvgIpc) is 3.08. The van der Waals surface area contributed by atoms with Crippen molar-refractivity contribution >= 4 is 64.0 Å². The second-order valence-electron chi connectivity index (χ2n) is 7.58. The van der Waals surface area contributed by atoms with Crippen LogP contribution in [0.15, 0.2) is 71.4 Å². The average molecular weight is 544 g/mol. The van der Waals surface area contributed by atoms with E-state index >= 15 is 0 Å². The zero-order chi connectivity index (χ0) is 26.9. The number of rotatable bonds is 7. The number of nitrogens with one attached hydrogen (secondary N) is 2. The van der Waals surface area contributed by atoms with Gasteiger partial charge in [0, 0.05) is 17.3 Å². The molecule has 0 saturated carbocycles. The van der Waals surface area contributed by atoms with E-state index in [0.717, 1.165) is 12.1 Å². The molecule has 3 aromatic rings. The van der Waals surface area contributed by atoms with Crippen LogP contribution in [0.25, 0.3) is 0 Å². The summed E-state index contributed by atoms with van der Waals surface area (Å²) in [6.45, 7) is 0. The van der Waals surface area contributed by atoms with Crippen LogP contribution in [0.2, 0.25) is 5.02 Å². The maximum Gasteiger partial charge on any atom is 0.339 e. The van der Waals surface area contributed by atoms with E-state index in [1.165, 1.54) is 55.6 Å². The number of amides is 3. The number of hydrogen-bond donors (Lipinski definition) is 3. The number of anilines is 3. The van der Waals surface area contributed by atoms with E-state index in [-0.39, 0.29) is 39.0 Å². The number of ether oxygens (including phenoxy) is 1. The lowest BCUT2D eigenvalue weighted by Crippen LogP contribution is -2.33. The Morgan fingerprint density at radius 1 is 1.00 bits per heavy atom. The number of carbonyl (C=O) groups is 4. The molecule has 1 aliphatic rings. The summed E-state index contributed by atoms with van der Waals surface area (Å²) >= 11 is 12.2. The number of methoxy groups -OCH3 is 1. The fourth-order valence-electron chi connectivity index (χ4n) is 3.49. The Kier molecular flexibility index (Phi) is 7.14. The number of carbonyl (C=O) groups excluding carboxylic acids is 3. The van der Waals surface area contributed by atoms with Crippen LogP contribution in [0.1, 0.15) is 20.7 Å². The van der Waals surface area contributed by atoms with Crippen molar-refractivity contribution in [1.82, 2.24) is 0 Å². The summed E-state index contributed by atoms with van der Waals surface area (Å²) in [7, 11) is 1.28. The number of nitrogens with zero attached hydrogens (tertiary/aromatic N) is 1. The predicted octanol–water partition coefficient (Wildman–Crippen LogP) is 4.87. The Bertz CT molecular complexity index is 1490. The highest BCUT2D eigenvalue weighted by Crippen LogP contribution is 2.33. The van der Waals surface area contributed by atoms with Crippen molar-refractivity contribution in [2.24, 2.45) is 0 Å². The first-order valence-corrected chi connectivity index (χ1v) is 11.2. The van der Waals surface area contributed by atoms with E-state index < -0.39 is 34.5 Å². The van der Waals surface area contributed by atoms with Crippen LogP contribution in [-0.4, -0.2) is 35.9 Å². The van der Waals surface area contributed by atoms with Gasteiger partial charge < -0.3 is 20.5 Å². The Morgan fingerprint density at radius 3 is 2.30 bits per heavy atom. The molecule has 0 atom stereocenters. The maximum atomic E-state index is 14.2. The van der Waals surface area contributed by atoms with Crippen LogP contribution >= 0.6 is 23.2 Å². The minimum Gasteiger partial charge on any atom is -0.496 e. The largest absolute Gasteiger partial charge is 0.496 e. The summed E-state index contributed by atoms with van der Waals surface area (Å²) in [4.78, 5) is 50.0. The molecule has 3 N–H and O–H groups in total. The zero-order valence-electron chi connectivity index (χ0n) is 18.8. The highest BCUT2D eigenvalue weighted by atomic mass is 35.5. The lowest BCUT2D eigenvalue weighted by Gasteiger charge is -2.15. The molecule has 12 heteroatoms. The maximum absolute atomic E-state index is 14.2. The zero-order valence-corrected chi connectivity index (χ0v) is 20.4. The van der Waals surface area contributed by atoms with Gasteiger partial charge in [-0.25, -0.2) is 14.1 Å². The van der Waals surface area contributed by atoms with E-state index in [4.69, 9.17) is 27.9 Å². The summed E-state index contributed by atoms with van der Waals surface area (Å²) in [6.07, 6.45) is 0. The number of para-hydroxylation sites is 1. The summed E-state index contributed by atoms with van der Waals surface area (Å²) in [5.41, 5.74) is 0.0190. The molecular formula is C25H16Cl2FN3O6. The monoisotopic (exact) mass is 543 g/mol. The van der Waals surface area contributed by atoms with E-state index in [1.807, 2.05) is 0 Å². The minimum absolute atomic E-state index is 0.00441. The fourth-order valence-corrected chi connectivity index (χ4v) is 3.92. The third-order valence-corrected chi connectivity index (χ3v) is 5.97. The molecular weight excluding hydrogens is 528 g/mol. The van der Waals surface area contributed by atoms with Crippen LogP contribution in [0.3, 0.4) is 0 Å². The van der Waals surface area contributed by atoms with Gasteiger partial charge in [0.15, 0.2) is 0 Å². The van der Waals surface area contributed by atoms with Crippen molar-refractivity contribution in [1.29, 1.82) is 0 Å². The van der Waals surface area contributed by atoms with Crippen molar-refractivity contribution in [3.63, 3.8) is 0 Å². The number of carboxylic acids is 1. The molecule has 0 fully saturated rings. The van der Waals surface area contributed by atoms with Crippen molar-refractivity contribution < 1.29 is 33.4 Å². The number of benzene rings is 3. The molecule has 0 radical (unpaired) electrons. The Balaban J connectivity index is 1.50. The molecule has 0 aliphatic carbocycles.